The van der Waals surface area contributed by atoms with E-state index in [0.29, 0.717) is 0 Å². The molecule has 0 radical (unpaired) electrons. The van der Waals surface area contributed by atoms with Gasteiger partial charge in [-0.05, 0) is 26.2 Å². The summed E-state index contributed by atoms with van der Waals surface area (Å²) < 4.78 is 2.36. The van der Waals surface area contributed by atoms with Crippen LogP contribution in [0.1, 0.15) is 33.5 Å². The van der Waals surface area contributed by atoms with Crippen LogP contribution in [-0.2, 0) is 13.0 Å². The molecule has 0 unspecified atom stereocenters. The second-order valence-corrected chi connectivity index (χ2v) is 4.90. The van der Waals surface area contributed by atoms with E-state index in [4.69, 9.17) is 0 Å². The maximum atomic E-state index is 3.39. The molecular formula is C15H31N4+. The molecule has 110 valence electrons. The molecule has 0 amide bonds. The Bertz CT molecular complexity index is 296. The summed E-state index contributed by atoms with van der Waals surface area (Å²) in [5, 5.41) is 0. The average Bonchev–Trinajstić information content (AvgIpc) is 2.89. The molecule has 0 atom stereocenters. The van der Waals surface area contributed by atoms with E-state index in [1.807, 2.05) is 0 Å². The molecule has 1 heterocycles. The fourth-order valence-electron chi connectivity index (χ4n) is 2.41. The number of nitrogens with one attached hydrogen (secondary N) is 1. The third kappa shape index (κ3) is 5.33. The predicted octanol–water partition coefficient (Wildman–Crippen LogP) is 1.53. The van der Waals surface area contributed by atoms with Gasteiger partial charge in [-0.25, -0.2) is 9.55 Å². The lowest BCUT2D eigenvalue weighted by Crippen LogP contribution is -2.43. The average molecular weight is 267 g/mol. The third-order valence-corrected chi connectivity index (χ3v) is 3.96. The Hall–Kier alpha value is -0.870. The minimum Gasteiger partial charge on any atom is -0.303 e. The molecule has 0 saturated heterocycles. The van der Waals surface area contributed by atoms with E-state index in [2.05, 4.69) is 59.4 Å². The van der Waals surface area contributed by atoms with Gasteiger partial charge in [0.2, 0.25) is 0 Å². The van der Waals surface area contributed by atoms with Gasteiger partial charge in [-0.3, -0.25) is 4.90 Å². The van der Waals surface area contributed by atoms with Crippen LogP contribution in [0.4, 0.5) is 0 Å². The smallest absolute Gasteiger partial charge is 0.255 e. The van der Waals surface area contributed by atoms with E-state index in [9.17, 15) is 0 Å². The highest BCUT2D eigenvalue weighted by Crippen LogP contribution is 1.95. The SMILES string of the molecule is CCN(CC)CCc1[nH]cc[n+]1CCN(CC)CC. The van der Waals surface area contributed by atoms with Gasteiger partial charge in [0.1, 0.15) is 18.9 Å². The maximum Gasteiger partial charge on any atom is 0.255 e. The summed E-state index contributed by atoms with van der Waals surface area (Å²) in [7, 11) is 0. The number of hydrogen-bond acceptors (Lipinski definition) is 2. The maximum absolute atomic E-state index is 3.39. The largest absolute Gasteiger partial charge is 0.303 e. The molecule has 1 rings (SSSR count). The van der Waals surface area contributed by atoms with Gasteiger partial charge in [0.15, 0.2) is 0 Å². The van der Waals surface area contributed by atoms with Crippen LogP contribution in [0.3, 0.4) is 0 Å². The highest BCUT2D eigenvalue weighted by Gasteiger charge is 2.12. The summed E-state index contributed by atoms with van der Waals surface area (Å²) in [5.74, 6) is 1.35. The van der Waals surface area contributed by atoms with Crippen LogP contribution in [0.25, 0.3) is 0 Å². The second kappa shape index (κ2) is 9.10. The molecule has 0 fully saturated rings. The van der Waals surface area contributed by atoms with Gasteiger partial charge >= 0.3 is 0 Å². The first-order valence-electron chi connectivity index (χ1n) is 7.75. The fourth-order valence-corrected chi connectivity index (χ4v) is 2.41. The first-order chi connectivity index (χ1) is 9.24. The van der Waals surface area contributed by atoms with E-state index in [-0.39, 0.29) is 0 Å². The van der Waals surface area contributed by atoms with E-state index in [1.54, 1.807) is 0 Å². The van der Waals surface area contributed by atoms with Gasteiger partial charge in [0.25, 0.3) is 5.82 Å². The number of aromatic amines is 1. The van der Waals surface area contributed by atoms with E-state index in [1.165, 1.54) is 5.82 Å². The van der Waals surface area contributed by atoms with Gasteiger partial charge in [0.05, 0.1) is 6.42 Å². The number of rotatable bonds is 10. The zero-order valence-electron chi connectivity index (χ0n) is 13.2. The number of hydrogen-bond donors (Lipinski definition) is 1. The zero-order chi connectivity index (χ0) is 14.1. The van der Waals surface area contributed by atoms with Gasteiger partial charge < -0.3 is 4.90 Å². The Kier molecular flexibility index (Phi) is 7.75. The molecule has 4 nitrogen and oxygen atoms in total. The second-order valence-electron chi connectivity index (χ2n) is 4.90. The Morgan fingerprint density at radius 1 is 0.947 bits per heavy atom. The highest BCUT2D eigenvalue weighted by atomic mass is 15.2. The van der Waals surface area contributed by atoms with Gasteiger partial charge in [-0.15, -0.1) is 0 Å². The molecule has 1 aromatic heterocycles. The van der Waals surface area contributed by atoms with Crippen LogP contribution in [0.2, 0.25) is 0 Å². The number of imidazole rings is 1. The lowest BCUT2D eigenvalue weighted by Gasteiger charge is -2.18. The topological polar surface area (TPSA) is 26.1 Å². The summed E-state index contributed by atoms with van der Waals surface area (Å²) >= 11 is 0. The molecule has 0 aliphatic rings. The zero-order valence-corrected chi connectivity index (χ0v) is 13.2. The molecule has 1 N–H and O–H groups in total. The summed E-state index contributed by atoms with van der Waals surface area (Å²) in [6, 6.07) is 0. The lowest BCUT2D eigenvalue weighted by atomic mass is 10.3. The van der Waals surface area contributed by atoms with Crippen molar-refractivity contribution in [3.05, 3.63) is 18.2 Å². The molecule has 0 saturated carbocycles. The molecule has 1 aromatic rings. The number of aromatic nitrogens is 2. The minimum absolute atomic E-state index is 1.08. The number of H-pyrrole nitrogens is 1. The van der Waals surface area contributed by atoms with Gasteiger partial charge in [-0.1, -0.05) is 27.7 Å². The van der Waals surface area contributed by atoms with Crippen LogP contribution in [0.15, 0.2) is 12.4 Å². The summed E-state index contributed by atoms with van der Waals surface area (Å²) in [6.07, 6.45) is 5.33. The summed E-state index contributed by atoms with van der Waals surface area (Å²) in [6.45, 7) is 16.8. The first-order valence-corrected chi connectivity index (χ1v) is 7.75. The van der Waals surface area contributed by atoms with Gasteiger partial charge in [-0.2, -0.15) is 0 Å². The Labute approximate surface area is 118 Å². The lowest BCUT2D eigenvalue weighted by molar-refractivity contribution is -0.702. The van der Waals surface area contributed by atoms with Crippen molar-refractivity contribution in [3.8, 4) is 0 Å². The summed E-state index contributed by atoms with van der Waals surface area (Å²) in [5.41, 5.74) is 0. The van der Waals surface area contributed by atoms with Crippen molar-refractivity contribution in [1.29, 1.82) is 0 Å². The van der Waals surface area contributed by atoms with Crippen LogP contribution in [0, 0.1) is 0 Å². The van der Waals surface area contributed by atoms with Crippen molar-refractivity contribution >= 4 is 0 Å². The normalized spacial score (nSPS) is 11.7. The summed E-state index contributed by atoms with van der Waals surface area (Å²) in [4.78, 5) is 8.32. The van der Waals surface area contributed by atoms with Crippen molar-refractivity contribution < 1.29 is 4.57 Å². The molecular weight excluding hydrogens is 236 g/mol. The van der Waals surface area contributed by atoms with Crippen LogP contribution in [0.5, 0.6) is 0 Å². The standard InChI is InChI=1S/C15H30N4/c1-5-17(6-2)11-9-15-16-10-12-19(15)14-13-18(7-3)8-4/h10,12H,5-9,11,13-14H2,1-4H3/p+1. The molecule has 0 bridgehead atoms. The molecule has 0 aromatic carbocycles. The minimum atomic E-state index is 1.08. The van der Waals surface area contributed by atoms with Crippen molar-refractivity contribution in [2.24, 2.45) is 0 Å². The van der Waals surface area contributed by atoms with Gasteiger partial charge in [0, 0.05) is 13.1 Å². The Morgan fingerprint density at radius 3 is 2.11 bits per heavy atom. The fraction of sp³-hybridized carbons (Fsp3) is 0.800. The molecule has 19 heavy (non-hydrogen) atoms. The van der Waals surface area contributed by atoms with Crippen molar-refractivity contribution in [3.63, 3.8) is 0 Å². The van der Waals surface area contributed by atoms with Crippen molar-refractivity contribution in [1.82, 2.24) is 14.8 Å². The number of nitrogens with zero attached hydrogens (tertiary/aromatic N) is 3. The third-order valence-electron chi connectivity index (χ3n) is 3.96. The molecule has 4 heteroatoms. The van der Waals surface area contributed by atoms with E-state index < -0.39 is 0 Å². The highest BCUT2D eigenvalue weighted by molar-refractivity contribution is 4.79. The van der Waals surface area contributed by atoms with E-state index >= 15 is 0 Å². The quantitative estimate of drug-likeness (QED) is 0.651. The Morgan fingerprint density at radius 2 is 1.53 bits per heavy atom. The molecule has 0 spiro atoms. The number of likely N-dealkylation sites (N-methyl/N-ethyl adjacent to an activating group) is 2. The molecule has 0 aliphatic heterocycles. The Balaban J connectivity index is 2.45. The first kappa shape index (κ1) is 16.2. The predicted molar refractivity (Wildman–Crippen MR) is 80.3 cm³/mol. The van der Waals surface area contributed by atoms with Crippen molar-refractivity contribution in [2.75, 3.05) is 39.3 Å². The van der Waals surface area contributed by atoms with Crippen LogP contribution >= 0.6 is 0 Å². The van der Waals surface area contributed by atoms with Crippen LogP contribution < -0.4 is 4.57 Å². The van der Waals surface area contributed by atoms with E-state index in [0.717, 1.165) is 52.2 Å². The monoisotopic (exact) mass is 267 g/mol. The molecule has 0 aliphatic carbocycles. The van der Waals surface area contributed by atoms with Crippen molar-refractivity contribution in [2.45, 2.75) is 40.7 Å². The van der Waals surface area contributed by atoms with Crippen LogP contribution in [-0.4, -0.2) is 54.1 Å².